The highest BCUT2D eigenvalue weighted by molar-refractivity contribution is 8.49. The Morgan fingerprint density at radius 3 is 1.20 bits per heavy atom. The monoisotopic (exact) mass is 692 g/mol. The van der Waals surface area contributed by atoms with Gasteiger partial charge in [0, 0.05) is 24.8 Å². The van der Waals surface area contributed by atoms with Crippen molar-refractivity contribution in [3.05, 3.63) is 85.5 Å². The van der Waals surface area contributed by atoms with Crippen molar-refractivity contribution >= 4 is 101 Å². The predicted octanol–water partition coefficient (Wildman–Crippen LogP) is 5.12. The first-order valence-electron chi connectivity index (χ1n) is 10.8. The third-order valence-corrected chi connectivity index (χ3v) is 20.4. The molecule has 3 heterocycles. The molecule has 12 nitrogen and oxygen atoms in total. The third-order valence-electron chi connectivity index (χ3n) is 5.27. The molecule has 1 aliphatic rings. The lowest BCUT2D eigenvalue weighted by molar-refractivity contribution is 0.599. The lowest BCUT2D eigenvalue weighted by Gasteiger charge is -2.57. The van der Waals surface area contributed by atoms with Gasteiger partial charge in [0.05, 0.1) is 21.2 Å². The zero-order valence-electron chi connectivity index (χ0n) is 19.7. The number of hydrogen-bond donors (Lipinski definition) is 2. The molecule has 208 valence electrons. The van der Waals surface area contributed by atoms with Crippen molar-refractivity contribution < 1.29 is 16.8 Å². The van der Waals surface area contributed by atoms with E-state index in [1.807, 2.05) is 0 Å². The Balaban J connectivity index is 1.36. The minimum absolute atomic E-state index is 0.0434. The largest absolute Gasteiger partial charge is 0.264 e. The summed E-state index contributed by atoms with van der Waals surface area (Å²) >= 11 is 25.1. The number of sulfonamides is 2. The summed E-state index contributed by atoms with van der Waals surface area (Å²) in [6.07, 6.45) is 5.64. The van der Waals surface area contributed by atoms with Crippen LogP contribution in [0.4, 0.5) is 23.3 Å². The highest BCUT2D eigenvalue weighted by atomic mass is 35.7. The van der Waals surface area contributed by atoms with Crippen molar-refractivity contribution in [3.63, 3.8) is 0 Å². The molecule has 0 aliphatic carbocycles. The number of nitrogens with zero attached hydrogens (tertiary/aromatic N) is 6. The SMILES string of the molecule is O=S(=O)(Nc1ncccn1)c1ccc(N2P(=S)(Cl)N(c3ccc(S(=O)(=O)Nc4ncccn4)cc3)P2(=S)Cl)cc1. The van der Waals surface area contributed by atoms with Gasteiger partial charge in [0.15, 0.2) is 0 Å². The highest BCUT2D eigenvalue weighted by Gasteiger charge is 2.56. The van der Waals surface area contributed by atoms with E-state index in [0.29, 0.717) is 11.4 Å². The second-order valence-corrected chi connectivity index (χ2v) is 22.4. The Labute approximate surface area is 249 Å². The summed E-state index contributed by atoms with van der Waals surface area (Å²) in [5.41, 5.74) is -5.21. The number of hydrogen-bond acceptors (Lipinski definition) is 10. The summed E-state index contributed by atoms with van der Waals surface area (Å²) in [4.78, 5) is 15.3. The summed E-state index contributed by atoms with van der Waals surface area (Å²) in [5.74, 6) is -0.138. The van der Waals surface area contributed by atoms with Gasteiger partial charge in [-0.15, -0.1) is 0 Å². The van der Waals surface area contributed by atoms with Gasteiger partial charge >= 0.3 is 0 Å². The van der Waals surface area contributed by atoms with Gasteiger partial charge in [-0.25, -0.2) is 46.2 Å². The third kappa shape index (κ3) is 5.55. The van der Waals surface area contributed by atoms with Gasteiger partial charge in [-0.1, -0.05) is 0 Å². The van der Waals surface area contributed by atoms with E-state index in [0.717, 1.165) is 0 Å². The van der Waals surface area contributed by atoms with E-state index in [9.17, 15) is 16.8 Å². The minimum atomic E-state index is -3.96. The van der Waals surface area contributed by atoms with Crippen LogP contribution in [0, 0.1) is 0 Å². The van der Waals surface area contributed by atoms with Gasteiger partial charge in [0.1, 0.15) is 0 Å². The molecule has 1 fully saturated rings. The Kier molecular flexibility index (Phi) is 7.83. The van der Waals surface area contributed by atoms with Crippen molar-refractivity contribution in [1.29, 1.82) is 0 Å². The predicted molar refractivity (Wildman–Crippen MR) is 164 cm³/mol. The zero-order chi connectivity index (χ0) is 28.8. The van der Waals surface area contributed by atoms with Crippen LogP contribution in [0.15, 0.2) is 95.2 Å². The van der Waals surface area contributed by atoms with E-state index >= 15 is 0 Å². The molecular weight excluding hydrogens is 677 g/mol. The lowest BCUT2D eigenvalue weighted by atomic mass is 10.3. The molecule has 0 saturated carbocycles. The molecule has 1 aliphatic heterocycles. The van der Waals surface area contributed by atoms with E-state index in [2.05, 4.69) is 29.4 Å². The molecule has 2 aromatic carbocycles. The molecule has 2 aromatic heterocycles. The fourth-order valence-corrected chi connectivity index (χ4v) is 22.5. The van der Waals surface area contributed by atoms with E-state index in [1.54, 1.807) is 21.0 Å². The van der Waals surface area contributed by atoms with Gasteiger partial charge in [-0.05, 0) is 107 Å². The topological polar surface area (TPSA) is 150 Å². The quantitative estimate of drug-likeness (QED) is 0.236. The van der Waals surface area contributed by atoms with Crippen LogP contribution in [-0.4, -0.2) is 36.8 Å². The molecule has 20 heteroatoms. The smallest absolute Gasteiger partial charge is 0.259 e. The summed E-state index contributed by atoms with van der Waals surface area (Å²) in [6.45, 7) is 0. The summed E-state index contributed by atoms with van der Waals surface area (Å²) in [6, 6.07) is 14.6. The van der Waals surface area contributed by atoms with E-state index in [-0.39, 0.29) is 21.7 Å². The van der Waals surface area contributed by atoms with Crippen molar-refractivity contribution in [1.82, 2.24) is 19.9 Å². The maximum Gasteiger partial charge on any atom is 0.264 e. The fourth-order valence-electron chi connectivity index (χ4n) is 3.55. The molecule has 2 N–H and O–H groups in total. The number of halogens is 2. The average Bonchev–Trinajstić information content (AvgIpc) is 2.89. The van der Waals surface area contributed by atoms with Crippen LogP contribution in [0.3, 0.4) is 0 Å². The van der Waals surface area contributed by atoms with Crippen LogP contribution < -0.4 is 18.3 Å². The second kappa shape index (κ2) is 10.8. The molecule has 0 amide bonds. The van der Waals surface area contributed by atoms with Crippen molar-refractivity contribution in [2.45, 2.75) is 9.79 Å². The molecule has 0 unspecified atom stereocenters. The summed E-state index contributed by atoms with van der Waals surface area (Å²) < 4.78 is 58.5. The first-order chi connectivity index (χ1) is 18.8. The normalized spacial score (nSPS) is 20.9. The highest BCUT2D eigenvalue weighted by Crippen LogP contribution is 2.91. The molecule has 0 spiro atoms. The Morgan fingerprint density at radius 2 is 0.900 bits per heavy atom. The van der Waals surface area contributed by atoms with Gasteiger partial charge in [-0.3, -0.25) is 8.88 Å². The molecule has 1 saturated heterocycles. The lowest BCUT2D eigenvalue weighted by Crippen LogP contribution is -2.38. The fraction of sp³-hybridized carbons (Fsp3) is 0. The van der Waals surface area contributed by atoms with E-state index in [4.69, 9.17) is 46.1 Å². The van der Waals surface area contributed by atoms with Crippen LogP contribution in [0.2, 0.25) is 0 Å². The number of rotatable bonds is 8. The van der Waals surface area contributed by atoms with Gasteiger partial charge in [0.2, 0.25) is 23.3 Å². The van der Waals surface area contributed by atoms with Crippen LogP contribution in [-0.2, 0) is 43.7 Å². The van der Waals surface area contributed by atoms with Gasteiger partial charge in [-0.2, -0.15) is 0 Å². The average molecular weight is 694 g/mol. The first kappa shape index (κ1) is 29.1. The molecule has 5 rings (SSSR count). The van der Waals surface area contributed by atoms with Crippen LogP contribution in [0.5, 0.6) is 0 Å². The molecule has 4 aromatic rings. The number of aromatic nitrogens is 4. The van der Waals surface area contributed by atoms with Gasteiger partial charge < -0.3 is 0 Å². The number of anilines is 4. The van der Waals surface area contributed by atoms with Crippen molar-refractivity contribution in [2.75, 3.05) is 18.3 Å². The van der Waals surface area contributed by atoms with Crippen LogP contribution >= 0.6 is 33.9 Å². The maximum atomic E-state index is 12.7. The molecule has 0 bridgehead atoms. The summed E-state index contributed by atoms with van der Waals surface area (Å²) in [5, 5.41) is 0. The van der Waals surface area contributed by atoms with Crippen molar-refractivity contribution in [2.24, 2.45) is 0 Å². The first-order valence-corrected chi connectivity index (χ1v) is 21.0. The number of benzene rings is 2. The second-order valence-electron chi connectivity index (χ2n) is 7.87. The Morgan fingerprint density at radius 1 is 0.600 bits per heavy atom. The zero-order valence-corrected chi connectivity index (χ0v) is 26.2. The van der Waals surface area contributed by atoms with E-state index in [1.165, 1.54) is 73.3 Å². The maximum absolute atomic E-state index is 12.7. The molecule has 40 heavy (non-hydrogen) atoms. The molecular formula is C20H16Cl2N8O4P2S4. The molecule has 0 radical (unpaired) electrons. The summed E-state index contributed by atoms with van der Waals surface area (Å²) in [7, 11) is -7.92. The van der Waals surface area contributed by atoms with Crippen molar-refractivity contribution in [3.8, 4) is 0 Å². The van der Waals surface area contributed by atoms with Crippen LogP contribution in [0.1, 0.15) is 0 Å². The molecule has 0 atom stereocenters. The standard InChI is InChI=1S/C20H16Cl2N8O4P2S4/c21-35(37)29(15-3-7-17(8-4-15)39(31,32)27-19-23-11-1-12-24-19)36(22,38)30(35)16-5-9-18(10-6-16)40(33,34)28-20-25-13-2-14-26-20/h1-14H,(H,23,24,27)(H,25,26,28). The van der Waals surface area contributed by atoms with Gasteiger partial charge in [0.25, 0.3) is 20.0 Å². The van der Waals surface area contributed by atoms with Crippen LogP contribution in [0.25, 0.3) is 0 Å². The van der Waals surface area contributed by atoms with E-state index < -0.39 is 31.4 Å². The Bertz CT molecular complexity index is 1720. The Hall–Kier alpha value is -2.42. The number of nitrogens with one attached hydrogen (secondary N) is 2. The minimum Gasteiger partial charge on any atom is -0.259 e.